The van der Waals surface area contributed by atoms with Crippen molar-refractivity contribution < 1.29 is 4.74 Å². The van der Waals surface area contributed by atoms with Crippen molar-refractivity contribution in [3.8, 4) is 0 Å². The molecule has 2 aliphatic rings. The maximum Gasteiger partial charge on any atom is 0.111 e. The molecule has 0 N–H and O–H groups in total. The zero-order chi connectivity index (χ0) is 10.8. The molecule has 3 rings (SSSR count). The van der Waals surface area contributed by atoms with Gasteiger partial charge in [0, 0.05) is 8.95 Å². The van der Waals surface area contributed by atoms with Crippen LogP contribution in [0.2, 0.25) is 0 Å². The lowest BCUT2D eigenvalue weighted by atomic mass is 9.84. The van der Waals surface area contributed by atoms with Crippen LogP contribution < -0.4 is 0 Å². The van der Waals surface area contributed by atoms with Crippen LogP contribution >= 0.6 is 31.9 Å². The molecule has 78 valence electrons. The third-order valence-electron chi connectivity index (χ3n) is 3.27. The van der Waals surface area contributed by atoms with E-state index in [2.05, 4.69) is 70.0 Å². The molecule has 2 unspecified atom stereocenters. The van der Waals surface area contributed by atoms with E-state index in [-0.39, 0.29) is 11.2 Å². The number of rotatable bonds is 0. The average molecular weight is 330 g/mol. The largest absolute Gasteiger partial charge is 0.351 e. The maximum atomic E-state index is 6.07. The molecule has 0 spiro atoms. The van der Waals surface area contributed by atoms with Crippen LogP contribution in [0.4, 0.5) is 0 Å². The normalized spacial score (nSPS) is 36.0. The second-order valence-electron chi connectivity index (χ2n) is 4.46. The van der Waals surface area contributed by atoms with E-state index >= 15 is 0 Å². The predicted octanol–water partition coefficient (Wildman–Crippen LogP) is 4.24. The van der Waals surface area contributed by atoms with Gasteiger partial charge >= 0.3 is 0 Å². The molecule has 2 heterocycles. The summed E-state index contributed by atoms with van der Waals surface area (Å²) in [6.07, 6.45) is 4.30. The van der Waals surface area contributed by atoms with Crippen molar-refractivity contribution in [2.45, 2.75) is 25.0 Å². The van der Waals surface area contributed by atoms with Crippen molar-refractivity contribution in [3.63, 3.8) is 0 Å². The third kappa shape index (κ3) is 1.17. The predicted molar refractivity (Wildman–Crippen MR) is 66.8 cm³/mol. The molecule has 0 radical (unpaired) electrons. The monoisotopic (exact) mass is 328 g/mol. The molecule has 0 saturated carbocycles. The van der Waals surface area contributed by atoms with Crippen LogP contribution in [0.5, 0.6) is 0 Å². The van der Waals surface area contributed by atoms with Crippen LogP contribution in [0.25, 0.3) is 0 Å². The molecule has 0 fully saturated rings. The SMILES string of the molecule is CC12C=CC(C)(O1)c1cc(Br)c(Br)cc12. The van der Waals surface area contributed by atoms with Crippen LogP contribution in [-0.4, -0.2) is 0 Å². The first-order valence-corrected chi connectivity index (χ1v) is 6.44. The van der Waals surface area contributed by atoms with E-state index in [1.807, 2.05) is 0 Å². The Kier molecular flexibility index (Phi) is 1.85. The second kappa shape index (κ2) is 2.76. The standard InChI is InChI=1S/C12H10Br2O/c1-11-3-4-12(2,15-11)8-6-10(14)9(13)5-7(8)11/h3-6H,1-2H3. The van der Waals surface area contributed by atoms with Gasteiger partial charge in [0.25, 0.3) is 0 Å². The highest BCUT2D eigenvalue weighted by atomic mass is 79.9. The van der Waals surface area contributed by atoms with Gasteiger partial charge in [-0.2, -0.15) is 0 Å². The minimum Gasteiger partial charge on any atom is -0.351 e. The van der Waals surface area contributed by atoms with Gasteiger partial charge in [0.15, 0.2) is 0 Å². The smallest absolute Gasteiger partial charge is 0.111 e. The summed E-state index contributed by atoms with van der Waals surface area (Å²) >= 11 is 7.07. The van der Waals surface area contributed by atoms with Crippen molar-refractivity contribution >= 4 is 31.9 Å². The topological polar surface area (TPSA) is 9.23 Å². The van der Waals surface area contributed by atoms with Crippen molar-refractivity contribution in [2.75, 3.05) is 0 Å². The van der Waals surface area contributed by atoms with Gasteiger partial charge in [-0.15, -0.1) is 0 Å². The zero-order valence-electron chi connectivity index (χ0n) is 8.47. The van der Waals surface area contributed by atoms with Crippen molar-refractivity contribution in [1.29, 1.82) is 0 Å². The Labute approximate surface area is 106 Å². The molecule has 2 aliphatic heterocycles. The first-order valence-electron chi connectivity index (χ1n) is 4.85. The van der Waals surface area contributed by atoms with Crippen LogP contribution in [0.15, 0.2) is 33.2 Å². The molecule has 1 aromatic rings. The number of fused-ring (bicyclic) bond motifs is 5. The molecule has 1 aromatic carbocycles. The Balaban J connectivity index is 2.34. The number of hydrogen-bond donors (Lipinski definition) is 0. The first-order chi connectivity index (χ1) is 6.95. The van der Waals surface area contributed by atoms with E-state index in [1.165, 1.54) is 11.1 Å². The molecular formula is C12H10Br2O. The number of halogens is 2. The van der Waals surface area contributed by atoms with Gasteiger partial charge in [0.2, 0.25) is 0 Å². The Morgan fingerprint density at radius 2 is 1.33 bits per heavy atom. The summed E-state index contributed by atoms with van der Waals surface area (Å²) in [5.74, 6) is 0. The summed E-state index contributed by atoms with van der Waals surface area (Å²) in [5.41, 5.74) is 2.05. The van der Waals surface area contributed by atoms with E-state index in [9.17, 15) is 0 Å². The van der Waals surface area contributed by atoms with Crippen molar-refractivity contribution in [2.24, 2.45) is 0 Å². The highest BCUT2D eigenvalue weighted by molar-refractivity contribution is 9.13. The lowest BCUT2D eigenvalue weighted by Crippen LogP contribution is -2.17. The summed E-state index contributed by atoms with van der Waals surface area (Å²) in [4.78, 5) is 0. The molecule has 3 heteroatoms. The molecule has 0 saturated heterocycles. The number of benzene rings is 1. The fraction of sp³-hybridized carbons (Fsp3) is 0.333. The number of ether oxygens (including phenoxy) is 1. The van der Waals surface area contributed by atoms with Crippen LogP contribution in [-0.2, 0) is 15.9 Å². The molecule has 1 nitrogen and oxygen atoms in total. The minimum atomic E-state index is -0.243. The van der Waals surface area contributed by atoms with Gasteiger partial charge in [0.05, 0.1) is 0 Å². The van der Waals surface area contributed by atoms with Gasteiger partial charge in [0.1, 0.15) is 11.2 Å². The lowest BCUT2D eigenvalue weighted by Gasteiger charge is -2.18. The van der Waals surface area contributed by atoms with E-state index in [0.29, 0.717) is 0 Å². The van der Waals surface area contributed by atoms with E-state index in [0.717, 1.165) is 8.95 Å². The number of hydrogen-bond acceptors (Lipinski definition) is 1. The van der Waals surface area contributed by atoms with Crippen LogP contribution in [0.1, 0.15) is 25.0 Å². The Hall–Kier alpha value is -0.120. The summed E-state index contributed by atoms with van der Waals surface area (Å²) < 4.78 is 8.23. The quantitative estimate of drug-likeness (QED) is 0.647. The summed E-state index contributed by atoms with van der Waals surface area (Å²) in [6.45, 7) is 4.22. The van der Waals surface area contributed by atoms with Gasteiger partial charge in [-0.3, -0.25) is 0 Å². The Bertz CT molecular complexity index is 452. The van der Waals surface area contributed by atoms with Crippen LogP contribution in [0, 0.1) is 0 Å². The zero-order valence-corrected chi connectivity index (χ0v) is 11.6. The van der Waals surface area contributed by atoms with Crippen molar-refractivity contribution in [3.05, 3.63) is 44.4 Å². The highest BCUT2D eigenvalue weighted by Crippen LogP contribution is 2.54. The fourth-order valence-corrected chi connectivity index (χ4v) is 3.17. The summed E-state index contributed by atoms with van der Waals surface area (Å²) in [7, 11) is 0. The van der Waals surface area contributed by atoms with E-state index in [1.54, 1.807) is 0 Å². The molecule has 2 atom stereocenters. The van der Waals surface area contributed by atoms with E-state index in [4.69, 9.17) is 4.74 Å². The highest BCUT2D eigenvalue weighted by Gasteiger charge is 2.50. The Morgan fingerprint density at radius 3 is 1.73 bits per heavy atom. The summed E-state index contributed by atoms with van der Waals surface area (Å²) in [6, 6.07) is 4.29. The second-order valence-corrected chi connectivity index (χ2v) is 6.17. The van der Waals surface area contributed by atoms with E-state index < -0.39 is 0 Å². The lowest BCUT2D eigenvalue weighted by molar-refractivity contribution is -0.0495. The molecule has 15 heavy (non-hydrogen) atoms. The van der Waals surface area contributed by atoms with Gasteiger partial charge in [-0.05, 0) is 81.1 Å². The first kappa shape index (κ1) is 10.1. The Morgan fingerprint density at radius 1 is 0.933 bits per heavy atom. The minimum absolute atomic E-state index is 0.243. The molecule has 0 amide bonds. The molecule has 0 aromatic heterocycles. The summed E-state index contributed by atoms with van der Waals surface area (Å²) in [5, 5.41) is 0. The van der Waals surface area contributed by atoms with Crippen LogP contribution in [0.3, 0.4) is 0 Å². The van der Waals surface area contributed by atoms with Crippen molar-refractivity contribution in [1.82, 2.24) is 0 Å². The molecular weight excluding hydrogens is 320 g/mol. The average Bonchev–Trinajstić information content (AvgIpc) is 2.57. The maximum absolute atomic E-state index is 6.07. The fourth-order valence-electron chi connectivity index (χ4n) is 2.48. The molecule has 0 aliphatic carbocycles. The third-order valence-corrected chi connectivity index (χ3v) is 5.12. The van der Waals surface area contributed by atoms with Gasteiger partial charge in [-0.1, -0.05) is 0 Å². The van der Waals surface area contributed by atoms with Gasteiger partial charge < -0.3 is 4.74 Å². The molecule has 2 bridgehead atoms. The van der Waals surface area contributed by atoms with Gasteiger partial charge in [-0.25, -0.2) is 0 Å².